The highest BCUT2D eigenvalue weighted by atomic mass is 16.6. The molecule has 0 saturated heterocycles. The Morgan fingerprint density at radius 3 is 1.80 bits per heavy atom. The van der Waals surface area contributed by atoms with Crippen molar-refractivity contribution in [3.8, 4) is 11.5 Å². The maximum atomic E-state index is 13.4. The molecule has 3 rings (SSSR count). The molecule has 14 heteroatoms. The first-order chi connectivity index (χ1) is 23.9. The van der Waals surface area contributed by atoms with E-state index in [-0.39, 0.29) is 40.3 Å². The second kappa shape index (κ2) is 17.0. The van der Waals surface area contributed by atoms with E-state index in [1.54, 1.807) is 13.8 Å². The van der Waals surface area contributed by atoms with Crippen LogP contribution in [0.5, 0.6) is 11.5 Å². The van der Waals surface area contributed by atoms with Crippen molar-refractivity contribution in [2.75, 3.05) is 6.61 Å². The SMILES string of the molecule is C=CCn1c(=O)n(CC(O)COC(=O)c2c(O)ccc3c(C(=O)OC(C)(C)CCCC)c(O)ccc23)c(=O)n(CC(O)CC(C)(C)CCC)c1=O. The van der Waals surface area contributed by atoms with Gasteiger partial charge in [0, 0.05) is 10.8 Å². The first kappa shape index (κ1) is 40.7. The summed E-state index contributed by atoms with van der Waals surface area (Å²) in [6, 6.07) is 5.00. The van der Waals surface area contributed by atoms with Crippen LogP contribution in [0, 0.1) is 5.41 Å². The Morgan fingerprint density at radius 2 is 1.29 bits per heavy atom. The minimum atomic E-state index is -1.63. The van der Waals surface area contributed by atoms with E-state index in [9.17, 15) is 44.4 Å². The molecule has 0 fully saturated rings. The van der Waals surface area contributed by atoms with Crippen LogP contribution < -0.4 is 17.1 Å². The molecule has 0 radical (unpaired) electrons. The van der Waals surface area contributed by atoms with Crippen LogP contribution in [0.15, 0.2) is 51.3 Å². The fourth-order valence-electron chi connectivity index (χ4n) is 6.25. The predicted octanol–water partition coefficient (Wildman–Crippen LogP) is 3.84. The van der Waals surface area contributed by atoms with Crippen LogP contribution >= 0.6 is 0 Å². The van der Waals surface area contributed by atoms with Gasteiger partial charge in [0.05, 0.1) is 25.7 Å². The number of aliphatic hydroxyl groups is 2. The Bertz CT molecular complexity index is 1920. The number of fused-ring (bicyclic) bond motifs is 1. The lowest BCUT2D eigenvalue weighted by atomic mass is 9.82. The molecule has 0 aliphatic carbocycles. The third-order valence-electron chi connectivity index (χ3n) is 8.67. The van der Waals surface area contributed by atoms with E-state index in [1.807, 2.05) is 27.7 Å². The fraction of sp³-hybridized carbons (Fsp3) is 0.541. The highest BCUT2D eigenvalue weighted by Crippen LogP contribution is 2.35. The van der Waals surface area contributed by atoms with Gasteiger partial charge in [-0.05, 0) is 69.2 Å². The average molecular weight is 714 g/mol. The van der Waals surface area contributed by atoms with E-state index in [2.05, 4.69) is 6.58 Å². The average Bonchev–Trinajstić information content (AvgIpc) is 3.04. The number of carbonyl (C=O) groups is 2. The number of phenolic OH excluding ortho intramolecular Hbond substituents is 2. The van der Waals surface area contributed by atoms with E-state index in [0.717, 1.165) is 40.9 Å². The number of nitrogens with zero attached hydrogens (tertiary/aromatic N) is 3. The maximum Gasteiger partial charge on any atom is 0.343 e. The Kier molecular flexibility index (Phi) is 13.6. The quantitative estimate of drug-likeness (QED) is 0.110. The van der Waals surface area contributed by atoms with Crippen molar-refractivity contribution in [2.45, 2.75) is 118 Å². The Balaban J connectivity index is 1.89. The summed E-state index contributed by atoms with van der Waals surface area (Å²) in [5.41, 5.74) is -4.73. The first-order valence-electron chi connectivity index (χ1n) is 17.2. The molecule has 1 heterocycles. The van der Waals surface area contributed by atoms with Crippen LogP contribution in [-0.2, 0) is 29.1 Å². The summed E-state index contributed by atoms with van der Waals surface area (Å²) in [7, 11) is 0. The number of carbonyl (C=O) groups excluding carboxylic acids is 2. The molecule has 2 aromatic carbocycles. The van der Waals surface area contributed by atoms with E-state index >= 15 is 0 Å². The maximum absolute atomic E-state index is 13.4. The van der Waals surface area contributed by atoms with E-state index in [1.165, 1.54) is 24.3 Å². The zero-order valence-electron chi connectivity index (χ0n) is 30.3. The molecule has 3 aromatic rings. The molecule has 4 N–H and O–H groups in total. The number of hydrogen-bond acceptors (Lipinski definition) is 11. The van der Waals surface area contributed by atoms with Gasteiger partial charge in [-0.15, -0.1) is 6.58 Å². The number of ether oxygens (including phenoxy) is 2. The van der Waals surface area contributed by atoms with Crippen LogP contribution in [0.4, 0.5) is 0 Å². The van der Waals surface area contributed by atoms with E-state index < -0.39 is 78.0 Å². The summed E-state index contributed by atoms with van der Waals surface area (Å²) in [4.78, 5) is 66.3. The molecule has 0 amide bonds. The molecule has 0 aliphatic rings. The molecule has 280 valence electrons. The standard InChI is InChI=1S/C37H51N3O11/c1-8-11-17-37(6,7)51-32(46)30-26-13-14-27(43)29(25(26)12-15-28(30)44)31(45)50-22-24(42)21-40-34(48)38(18-10-3)33(47)39(35(40)49)20-23(41)19-36(4,5)16-9-2/h10,12-15,23-24,41-44H,3,8-9,11,16-22H2,1-2,4-7H3. The molecule has 0 bridgehead atoms. The van der Waals surface area contributed by atoms with Crippen LogP contribution in [0.25, 0.3) is 10.8 Å². The highest BCUT2D eigenvalue weighted by molar-refractivity contribution is 6.14. The van der Waals surface area contributed by atoms with Gasteiger partial charge in [-0.1, -0.05) is 46.6 Å². The second-order valence-electron chi connectivity index (χ2n) is 14.3. The normalized spacial score (nSPS) is 13.2. The van der Waals surface area contributed by atoms with Crippen molar-refractivity contribution in [3.63, 3.8) is 0 Å². The fourth-order valence-corrected chi connectivity index (χ4v) is 6.25. The van der Waals surface area contributed by atoms with Crippen LogP contribution in [0.1, 0.15) is 101 Å². The molecule has 0 aliphatic heterocycles. The van der Waals surface area contributed by atoms with Gasteiger partial charge < -0.3 is 29.9 Å². The summed E-state index contributed by atoms with van der Waals surface area (Å²) in [6.45, 7) is 12.9. The molecule has 2 atom stereocenters. The highest BCUT2D eigenvalue weighted by Gasteiger charge is 2.29. The number of aromatic hydroxyl groups is 2. The van der Waals surface area contributed by atoms with E-state index in [4.69, 9.17) is 9.47 Å². The number of aromatic nitrogens is 3. The number of benzene rings is 2. The molecule has 0 saturated carbocycles. The minimum Gasteiger partial charge on any atom is -0.507 e. The summed E-state index contributed by atoms with van der Waals surface area (Å²) in [6.07, 6.45) is 2.80. The van der Waals surface area contributed by atoms with Gasteiger partial charge in [-0.3, -0.25) is 0 Å². The third-order valence-corrected chi connectivity index (χ3v) is 8.67. The summed E-state index contributed by atoms with van der Waals surface area (Å²) < 4.78 is 13.1. The molecule has 14 nitrogen and oxygen atoms in total. The predicted molar refractivity (Wildman–Crippen MR) is 191 cm³/mol. The van der Waals surface area contributed by atoms with Crippen molar-refractivity contribution in [2.24, 2.45) is 5.41 Å². The zero-order chi connectivity index (χ0) is 38.3. The number of aliphatic hydroxyl groups excluding tert-OH is 2. The van der Waals surface area contributed by atoms with Gasteiger partial charge in [-0.25, -0.2) is 37.7 Å². The molecule has 0 spiro atoms. The minimum absolute atomic E-state index is 0.0573. The summed E-state index contributed by atoms with van der Waals surface area (Å²) in [5.74, 6) is -2.84. The van der Waals surface area contributed by atoms with Crippen LogP contribution in [0.3, 0.4) is 0 Å². The second-order valence-corrected chi connectivity index (χ2v) is 14.3. The lowest BCUT2D eigenvalue weighted by Crippen LogP contribution is -2.56. The number of unbranched alkanes of at least 4 members (excludes halogenated alkanes) is 1. The van der Waals surface area contributed by atoms with Gasteiger partial charge in [0.25, 0.3) is 0 Å². The number of phenols is 2. The topological polar surface area (TPSA) is 200 Å². The number of allylic oxidation sites excluding steroid dienone is 1. The van der Waals surface area contributed by atoms with Gasteiger partial charge in [0.2, 0.25) is 0 Å². The number of esters is 2. The Morgan fingerprint density at radius 1 is 0.784 bits per heavy atom. The Labute approximate surface area is 296 Å². The Hall–Kier alpha value is -4.69. The van der Waals surface area contributed by atoms with Crippen molar-refractivity contribution < 1.29 is 39.5 Å². The zero-order valence-corrected chi connectivity index (χ0v) is 30.3. The van der Waals surface area contributed by atoms with Crippen molar-refractivity contribution in [3.05, 3.63) is 79.5 Å². The van der Waals surface area contributed by atoms with Gasteiger partial charge >= 0.3 is 29.0 Å². The third kappa shape index (κ3) is 9.97. The van der Waals surface area contributed by atoms with Crippen molar-refractivity contribution in [1.29, 1.82) is 0 Å². The van der Waals surface area contributed by atoms with Gasteiger partial charge in [0.1, 0.15) is 40.9 Å². The van der Waals surface area contributed by atoms with Gasteiger partial charge in [-0.2, -0.15) is 0 Å². The molecule has 2 unspecified atom stereocenters. The largest absolute Gasteiger partial charge is 0.507 e. The lowest BCUT2D eigenvalue weighted by molar-refractivity contribution is -0.00538. The van der Waals surface area contributed by atoms with Crippen molar-refractivity contribution in [1.82, 2.24) is 13.7 Å². The number of hydrogen-bond donors (Lipinski definition) is 4. The summed E-state index contributed by atoms with van der Waals surface area (Å²) >= 11 is 0. The smallest absolute Gasteiger partial charge is 0.343 e. The number of rotatable bonds is 18. The monoisotopic (exact) mass is 713 g/mol. The molecule has 51 heavy (non-hydrogen) atoms. The molecule has 1 aromatic heterocycles. The lowest BCUT2D eigenvalue weighted by Gasteiger charge is -2.27. The molecular formula is C37H51N3O11. The molecular weight excluding hydrogens is 662 g/mol. The van der Waals surface area contributed by atoms with E-state index in [0.29, 0.717) is 11.0 Å². The summed E-state index contributed by atoms with van der Waals surface area (Å²) in [5, 5.41) is 43.0. The van der Waals surface area contributed by atoms with Crippen molar-refractivity contribution >= 4 is 22.7 Å². The van der Waals surface area contributed by atoms with Crippen LogP contribution in [-0.4, -0.2) is 70.5 Å². The van der Waals surface area contributed by atoms with Gasteiger partial charge in [0.15, 0.2) is 0 Å². The van der Waals surface area contributed by atoms with Crippen LogP contribution in [0.2, 0.25) is 0 Å². The first-order valence-corrected chi connectivity index (χ1v) is 17.2.